The standard InChI is InChI=1S/C22H24N2O4S/c1-4-27-19-8-6-5-7-17(19)9-10-21(26)28-13-20(25)24-22-15(2)11-18(29-14-23)12-16(22)3/h5-8,11-12H,4,9-10,13H2,1-3H3,(H,24,25). The molecular formula is C22H24N2O4S. The Morgan fingerprint density at radius 3 is 2.52 bits per heavy atom. The van der Waals surface area contributed by atoms with Crippen molar-refractivity contribution >= 4 is 29.3 Å². The molecule has 152 valence electrons. The quantitative estimate of drug-likeness (QED) is 0.373. The Morgan fingerprint density at radius 2 is 1.86 bits per heavy atom. The first-order chi connectivity index (χ1) is 13.9. The van der Waals surface area contributed by atoms with E-state index in [1.54, 1.807) is 0 Å². The molecule has 0 atom stereocenters. The first-order valence-corrected chi connectivity index (χ1v) is 10.1. The molecule has 7 heteroatoms. The van der Waals surface area contributed by atoms with E-state index in [4.69, 9.17) is 14.7 Å². The SMILES string of the molecule is CCOc1ccccc1CCC(=O)OCC(=O)Nc1c(C)cc(SC#N)cc1C. The van der Waals surface area contributed by atoms with Crippen molar-refractivity contribution in [3.63, 3.8) is 0 Å². The van der Waals surface area contributed by atoms with Crippen LogP contribution >= 0.6 is 11.8 Å². The second kappa shape index (κ2) is 11.1. The van der Waals surface area contributed by atoms with E-state index in [1.807, 2.05) is 62.6 Å². The number of nitrogens with one attached hydrogen (secondary N) is 1. The average molecular weight is 413 g/mol. The van der Waals surface area contributed by atoms with Crippen LogP contribution < -0.4 is 10.1 Å². The molecule has 2 aromatic rings. The molecule has 0 unspecified atom stereocenters. The van der Waals surface area contributed by atoms with Crippen LogP contribution in [0.5, 0.6) is 5.75 Å². The second-order valence-corrected chi connectivity index (χ2v) is 7.23. The summed E-state index contributed by atoms with van der Waals surface area (Å²) in [6, 6.07) is 11.2. The largest absolute Gasteiger partial charge is 0.494 e. The van der Waals surface area contributed by atoms with Crippen molar-refractivity contribution in [2.75, 3.05) is 18.5 Å². The summed E-state index contributed by atoms with van der Waals surface area (Å²) in [4.78, 5) is 25.0. The summed E-state index contributed by atoms with van der Waals surface area (Å²) in [6.07, 6.45) is 0.641. The molecule has 0 aliphatic rings. The first kappa shape index (κ1) is 22.3. The van der Waals surface area contributed by atoms with Crippen LogP contribution in [0.2, 0.25) is 0 Å². The first-order valence-electron chi connectivity index (χ1n) is 9.28. The lowest BCUT2D eigenvalue weighted by molar-refractivity contribution is -0.147. The smallest absolute Gasteiger partial charge is 0.306 e. The summed E-state index contributed by atoms with van der Waals surface area (Å²) in [5.41, 5.74) is 3.28. The summed E-state index contributed by atoms with van der Waals surface area (Å²) in [6.45, 7) is 5.82. The van der Waals surface area contributed by atoms with Gasteiger partial charge in [-0.05, 0) is 73.8 Å². The van der Waals surface area contributed by atoms with Gasteiger partial charge in [-0.3, -0.25) is 9.59 Å². The number of anilines is 1. The fourth-order valence-corrected chi connectivity index (χ4v) is 3.45. The molecule has 0 heterocycles. The van der Waals surface area contributed by atoms with Gasteiger partial charge in [0.2, 0.25) is 0 Å². The summed E-state index contributed by atoms with van der Waals surface area (Å²) >= 11 is 1.07. The molecular weight excluding hydrogens is 388 g/mol. The lowest BCUT2D eigenvalue weighted by Gasteiger charge is -2.13. The van der Waals surface area contributed by atoms with E-state index in [0.29, 0.717) is 18.7 Å². The third kappa shape index (κ3) is 6.84. The van der Waals surface area contributed by atoms with Crippen LogP contribution in [0.1, 0.15) is 30.0 Å². The normalized spacial score (nSPS) is 10.1. The van der Waals surface area contributed by atoms with Crippen molar-refractivity contribution in [3.05, 3.63) is 53.1 Å². The van der Waals surface area contributed by atoms with Gasteiger partial charge in [-0.15, -0.1) is 0 Å². The Kier molecular flexibility index (Phi) is 8.56. The fourth-order valence-electron chi connectivity index (χ4n) is 2.87. The molecule has 0 saturated heterocycles. The third-order valence-electron chi connectivity index (χ3n) is 4.17. The summed E-state index contributed by atoms with van der Waals surface area (Å²) in [5, 5.41) is 13.6. The van der Waals surface area contributed by atoms with Crippen molar-refractivity contribution in [2.24, 2.45) is 0 Å². The molecule has 0 aliphatic carbocycles. The van der Waals surface area contributed by atoms with Gasteiger partial charge >= 0.3 is 5.97 Å². The monoisotopic (exact) mass is 412 g/mol. The zero-order valence-corrected chi connectivity index (χ0v) is 17.6. The maximum atomic E-state index is 12.2. The Morgan fingerprint density at radius 1 is 1.17 bits per heavy atom. The number of amides is 1. The molecule has 0 fully saturated rings. The molecule has 29 heavy (non-hydrogen) atoms. The van der Waals surface area contributed by atoms with Crippen LogP contribution in [0.25, 0.3) is 0 Å². The molecule has 0 bridgehead atoms. The minimum Gasteiger partial charge on any atom is -0.494 e. The predicted molar refractivity (Wildman–Crippen MR) is 113 cm³/mol. The molecule has 0 spiro atoms. The van der Waals surface area contributed by atoms with E-state index in [9.17, 15) is 9.59 Å². The third-order valence-corrected chi connectivity index (χ3v) is 4.73. The number of thioether (sulfide) groups is 1. The number of nitrogens with zero attached hydrogens (tertiary/aromatic N) is 1. The molecule has 0 aliphatic heterocycles. The van der Waals surface area contributed by atoms with E-state index in [2.05, 4.69) is 5.32 Å². The van der Waals surface area contributed by atoms with E-state index in [0.717, 1.165) is 39.1 Å². The van der Waals surface area contributed by atoms with Gasteiger partial charge in [0.15, 0.2) is 6.61 Å². The fraction of sp³-hybridized carbons (Fsp3) is 0.318. The topological polar surface area (TPSA) is 88.4 Å². The number of hydrogen-bond acceptors (Lipinski definition) is 6. The number of carbonyl (C=O) groups is 2. The van der Waals surface area contributed by atoms with Crippen LogP contribution in [-0.2, 0) is 20.7 Å². The Balaban J connectivity index is 1.85. The maximum Gasteiger partial charge on any atom is 0.306 e. The van der Waals surface area contributed by atoms with Gasteiger partial charge in [-0.25, -0.2) is 0 Å². The molecule has 1 amide bonds. The van der Waals surface area contributed by atoms with Crippen molar-refractivity contribution in [1.82, 2.24) is 0 Å². The minimum atomic E-state index is -0.444. The zero-order chi connectivity index (χ0) is 21.2. The highest BCUT2D eigenvalue weighted by molar-refractivity contribution is 8.03. The molecule has 0 radical (unpaired) electrons. The van der Waals surface area contributed by atoms with Gasteiger partial charge in [-0.1, -0.05) is 18.2 Å². The molecule has 6 nitrogen and oxygen atoms in total. The van der Waals surface area contributed by atoms with Crippen LogP contribution in [0, 0.1) is 24.5 Å². The number of hydrogen-bond donors (Lipinski definition) is 1. The van der Waals surface area contributed by atoms with Crippen LogP contribution in [0.4, 0.5) is 5.69 Å². The lowest BCUT2D eigenvalue weighted by atomic mass is 10.1. The van der Waals surface area contributed by atoms with Gasteiger partial charge < -0.3 is 14.8 Å². The van der Waals surface area contributed by atoms with E-state index in [1.165, 1.54) is 0 Å². The number of carbonyl (C=O) groups excluding carboxylic acids is 2. The second-order valence-electron chi connectivity index (χ2n) is 6.38. The Hall–Kier alpha value is -2.98. The highest BCUT2D eigenvalue weighted by Crippen LogP contribution is 2.27. The molecule has 2 rings (SSSR count). The number of aryl methyl sites for hydroxylation is 3. The minimum absolute atomic E-state index is 0.162. The number of esters is 1. The van der Waals surface area contributed by atoms with Gasteiger partial charge in [0.05, 0.1) is 6.61 Å². The van der Waals surface area contributed by atoms with Crippen LogP contribution in [0.15, 0.2) is 41.3 Å². The van der Waals surface area contributed by atoms with Gasteiger partial charge in [-0.2, -0.15) is 5.26 Å². The van der Waals surface area contributed by atoms with E-state index >= 15 is 0 Å². The van der Waals surface area contributed by atoms with Gasteiger partial charge in [0.1, 0.15) is 11.2 Å². The number of ether oxygens (including phenoxy) is 2. The number of thiocyanates is 1. The molecule has 2 aromatic carbocycles. The van der Waals surface area contributed by atoms with E-state index < -0.39 is 11.9 Å². The zero-order valence-electron chi connectivity index (χ0n) is 16.8. The van der Waals surface area contributed by atoms with Crippen molar-refractivity contribution in [3.8, 4) is 11.2 Å². The Bertz CT molecular complexity index is 898. The Labute approximate surface area is 175 Å². The average Bonchev–Trinajstić information content (AvgIpc) is 2.69. The van der Waals surface area contributed by atoms with E-state index in [-0.39, 0.29) is 13.0 Å². The number of para-hydroxylation sites is 1. The summed E-state index contributed by atoms with van der Waals surface area (Å²) < 4.78 is 10.6. The van der Waals surface area contributed by atoms with Crippen molar-refractivity contribution in [2.45, 2.75) is 38.5 Å². The predicted octanol–water partition coefficient (Wildman–Crippen LogP) is 4.39. The lowest BCUT2D eigenvalue weighted by Crippen LogP contribution is -2.22. The number of nitriles is 1. The number of benzene rings is 2. The van der Waals surface area contributed by atoms with Crippen LogP contribution in [0.3, 0.4) is 0 Å². The molecule has 0 saturated carbocycles. The molecule has 0 aromatic heterocycles. The highest BCUT2D eigenvalue weighted by Gasteiger charge is 2.13. The van der Waals surface area contributed by atoms with Gasteiger partial charge in [0, 0.05) is 17.0 Å². The van der Waals surface area contributed by atoms with Crippen LogP contribution in [-0.4, -0.2) is 25.1 Å². The summed E-state index contributed by atoms with van der Waals surface area (Å²) in [5.74, 6) is -0.0925. The van der Waals surface area contributed by atoms with Crippen molar-refractivity contribution < 1.29 is 19.1 Å². The summed E-state index contributed by atoms with van der Waals surface area (Å²) in [7, 11) is 0. The van der Waals surface area contributed by atoms with Crippen molar-refractivity contribution in [1.29, 1.82) is 5.26 Å². The molecule has 1 N–H and O–H groups in total. The highest BCUT2D eigenvalue weighted by atomic mass is 32.2. The number of rotatable bonds is 9. The maximum absolute atomic E-state index is 12.2. The van der Waals surface area contributed by atoms with Gasteiger partial charge in [0.25, 0.3) is 5.91 Å².